The van der Waals surface area contributed by atoms with Gasteiger partial charge in [-0.3, -0.25) is 9.11 Å². The van der Waals surface area contributed by atoms with E-state index in [9.17, 15) is 16.8 Å². The summed E-state index contributed by atoms with van der Waals surface area (Å²) in [6, 6.07) is 5.99. The minimum atomic E-state index is -4.02. The van der Waals surface area contributed by atoms with E-state index in [1.165, 1.54) is 19.1 Å². The van der Waals surface area contributed by atoms with Crippen LogP contribution in [0.25, 0.3) is 0 Å². The first-order valence-electron chi connectivity index (χ1n) is 4.55. The highest BCUT2D eigenvalue weighted by Gasteiger charge is 2.06. The molecule has 2 N–H and O–H groups in total. The third-order valence-electron chi connectivity index (χ3n) is 1.68. The summed E-state index contributed by atoms with van der Waals surface area (Å²) in [7, 11) is -7.68. The lowest BCUT2D eigenvalue weighted by atomic mass is 10.2. The Bertz CT molecular complexity index is 542. The van der Waals surface area contributed by atoms with E-state index < -0.39 is 20.2 Å². The fraction of sp³-hybridized carbons (Fsp3) is 0.333. The molecule has 0 aliphatic rings. The van der Waals surface area contributed by atoms with Gasteiger partial charge in [0.05, 0.1) is 10.6 Å². The zero-order valence-corrected chi connectivity index (χ0v) is 11.0. The van der Waals surface area contributed by atoms with Gasteiger partial charge in [-0.15, -0.1) is 0 Å². The average Bonchev–Trinajstić information content (AvgIpc) is 2.17. The van der Waals surface area contributed by atoms with Gasteiger partial charge in [-0.05, 0) is 26.0 Å². The van der Waals surface area contributed by atoms with Crippen molar-refractivity contribution in [2.75, 3.05) is 5.75 Å². The Balaban J connectivity index is 0.000000366. The predicted octanol–water partition coefficient (Wildman–Crippen LogP) is 1.14. The van der Waals surface area contributed by atoms with Crippen LogP contribution >= 0.6 is 0 Å². The number of rotatable bonds is 2. The second kappa shape index (κ2) is 6.10. The van der Waals surface area contributed by atoms with Crippen molar-refractivity contribution in [3.05, 3.63) is 29.8 Å². The highest BCUT2D eigenvalue weighted by Crippen LogP contribution is 2.08. The van der Waals surface area contributed by atoms with Crippen LogP contribution in [-0.4, -0.2) is 31.7 Å². The van der Waals surface area contributed by atoms with E-state index in [0.29, 0.717) is 0 Å². The first-order valence-corrected chi connectivity index (χ1v) is 7.60. The van der Waals surface area contributed by atoms with Crippen LogP contribution in [0.3, 0.4) is 0 Å². The molecule has 0 aliphatic carbocycles. The third kappa shape index (κ3) is 7.86. The second-order valence-corrected chi connectivity index (χ2v) is 6.32. The maximum absolute atomic E-state index is 10.5. The maximum atomic E-state index is 10.5. The summed E-state index contributed by atoms with van der Waals surface area (Å²) >= 11 is 0. The molecule has 6 nitrogen and oxygen atoms in total. The monoisotopic (exact) mass is 282 g/mol. The average molecular weight is 282 g/mol. The molecule has 0 aromatic heterocycles. The molecule has 0 fully saturated rings. The molecule has 98 valence electrons. The summed E-state index contributed by atoms with van der Waals surface area (Å²) in [4.78, 5) is -0.0666. The standard InChI is InChI=1S/C7H8O3S.C2H6O3S/c1-6-2-4-7(5-3-6)11(8,9)10;1-2-6(3,4)5/h2-5H,1H3,(H,8,9,10);2H2,1H3,(H,3,4,5). The summed E-state index contributed by atoms with van der Waals surface area (Å²) in [6.45, 7) is 3.21. The number of hydrogen-bond acceptors (Lipinski definition) is 4. The van der Waals surface area contributed by atoms with Crippen molar-refractivity contribution in [3.8, 4) is 0 Å². The SMILES string of the molecule is CCS(=O)(=O)O.Cc1ccc(S(=O)(=O)O)cc1. The van der Waals surface area contributed by atoms with Crippen LogP contribution in [0.4, 0.5) is 0 Å². The lowest BCUT2D eigenvalue weighted by Gasteiger charge is -1.95. The van der Waals surface area contributed by atoms with Gasteiger partial charge in [-0.2, -0.15) is 16.8 Å². The zero-order valence-electron chi connectivity index (χ0n) is 9.36. The van der Waals surface area contributed by atoms with E-state index >= 15 is 0 Å². The molecule has 0 saturated heterocycles. The van der Waals surface area contributed by atoms with E-state index in [-0.39, 0.29) is 10.6 Å². The number of aryl methyl sites for hydroxylation is 1. The van der Waals surface area contributed by atoms with E-state index in [1.807, 2.05) is 6.92 Å². The fourth-order valence-corrected chi connectivity index (χ4v) is 1.19. The Hall–Kier alpha value is -0.960. The smallest absolute Gasteiger partial charge is 0.286 e. The van der Waals surface area contributed by atoms with Crippen molar-refractivity contribution < 1.29 is 25.9 Å². The molecule has 0 spiro atoms. The zero-order chi connectivity index (χ0) is 13.7. The first-order chi connectivity index (χ1) is 7.56. The molecule has 1 aromatic rings. The second-order valence-electron chi connectivity index (χ2n) is 3.16. The van der Waals surface area contributed by atoms with Crippen molar-refractivity contribution in [2.45, 2.75) is 18.7 Å². The van der Waals surface area contributed by atoms with Gasteiger partial charge >= 0.3 is 0 Å². The van der Waals surface area contributed by atoms with Crippen molar-refractivity contribution in [1.82, 2.24) is 0 Å². The van der Waals surface area contributed by atoms with Gasteiger partial charge < -0.3 is 0 Å². The maximum Gasteiger partial charge on any atom is 0.294 e. The van der Waals surface area contributed by atoms with Crippen LogP contribution in [-0.2, 0) is 20.2 Å². The van der Waals surface area contributed by atoms with Gasteiger partial charge in [0.25, 0.3) is 20.2 Å². The molecular weight excluding hydrogens is 268 g/mol. The van der Waals surface area contributed by atoms with Gasteiger partial charge in [-0.25, -0.2) is 0 Å². The van der Waals surface area contributed by atoms with Gasteiger partial charge in [0, 0.05) is 0 Å². The molecule has 0 amide bonds. The highest BCUT2D eigenvalue weighted by atomic mass is 32.2. The van der Waals surface area contributed by atoms with E-state index in [0.717, 1.165) is 5.56 Å². The highest BCUT2D eigenvalue weighted by molar-refractivity contribution is 7.86. The summed E-state index contributed by atoms with van der Waals surface area (Å²) < 4.78 is 56.5. The van der Waals surface area contributed by atoms with Crippen LogP contribution in [0.5, 0.6) is 0 Å². The molecule has 0 unspecified atom stereocenters. The molecule has 8 heteroatoms. The van der Waals surface area contributed by atoms with Crippen LogP contribution in [0.15, 0.2) is 29.2 Å². The van der Waals surface area contributed by atoms with Crippen molar-refractivity contribution >= 4 is 20.2 Å². The molecule has 0 atom stereocenters. The van der Waals surface area contributed by atoms with Gasteiger partial charge in [-0.1, -0.05) is 17.7 Å². The van der Waals surface area contributed by atoms with Crippen LogP contribution in [0, 0.1) is 6.92 Å². The molecule has 1 rings (SSSR count). The molecule has 0 heterocycles. The van der Waals surface area contributed by atoms with Gasteiger partial charge in [0.1, 0.15) is 0 Å². The van der Waals surface area contributed by atoms with Crippen LogP contribution in [0.2, 0.25) is 0 Å². The molecule has 17 heavy (non-hydrogen) atoms. The molecule has 0 aliphatic heterocycles. The number of hydrogen-bond donors (Lipinski definition) is 2. The predicted molar refractivity (Wildman–Crippen MR) is 63.1 cm³/mol. The quantitative estimate of drug-likeness (QED) is 0.787. The lowest BCUT2D eigenvalue weighted by Crippen LogP contribution is -1.97. The minimum Gasteiger partial charge on any atom is -0.286 e. The molecule has 0 radical (unpaired) electrons. The Morgan fingerprint density at radius 2 is 1.35 bits per heavy atom. The topological polar surface area (TPSA) is 109 Å². The normalized spacial score (nSPS) is 11.5. The van der Waals surface area contributed by atoms with E-state index in [1.54, 1.807) is 12.1 Å². The Morgan fingerprint density at radius 3 is 1.59 bits per heavy atom. The Labute approximate surface area is 101 Å². The molecule has 0 bridgehead atoms. The largest absolute Gasteiger partial charge is 0.294 e. The summed E-state index contributed by atoms with van der Waals surface area (Å²) in [5, 5.41) is 0. The van der Waals surface area contributed by atoms with Crippen LogP contribution < -0.4 is 0 Å². The van der Waals surface area contributed by atoms with Gasteiger partial charge in [0.15, 0.2) is 0 Å². The Kier molecular flexibility index (Phi) is 5.76. The van der Waals surface area contributed by atoms with E-state index in [2.05, 4.69) is 0 Å². The van der Waals surface area contributed by atoms with Crippen molar-refractivity contribution in [1.29, 1.82) is 0 Å². The fourth-order valence-electron chi connectivity index (χ4n) is 0.710. The van der Waals surface area contributed by atoms with Gasteiger partial charge in [0.2, 0.25) is 0 Å². The molecule has 0 saturated carbocycles. The number of benzene rings is 1. The van der Waals surface area contributed by atoms with Crippen molar-refractivity contribution in [2.24, 2.45) is 0 Å². The first kappa shape index (κ1) is 16.0. The third-order valence-corrected chi connectivity index (χ3v) is 3.28. The summed E-state index contributed by atoms with van der Waals surface area (Å²) in [6.07, 6.45) is 0. The van der Waals surface area contributed by atoms with Crippen LogP contribution in [0.1, 0.15) is 12.5 Å². The Morgan fingerprint density at radius 1 is 1.00 bits per heavy atom. The van der Waals surface area contributed by atoms with Crippen molar-refractivity contribution in [3.63, 3.8) is 0 Å². The minimum absolute atomic E-state index is 0.0666. The summed E-state index contributed by atoms with van der Waals surface area (Å²) in [5.74, 6) is -0.201. The lowest BCUT2D eigenvalue weighted by molar-refractivity contribution is 0.481. The molecular formula is C9H14O6S2. The summed E-state index contributed by atoms with van der Waals surface area (Å²) in [5.41, 5.74) is 0.956. The molecule has 1 aromatic carbocycles. The van der Waals surface area contributed by atoms with E-state index in [4.69, 9.17) is 9.11 Å².